The van der Waals surface area contributed by atoms with Gasteiger partial charge in [-0.15, -0.1) is 11.3 Å². The first-order valence-electron chi connectivity index (χ1n) is 6.43. The van der Waals surface area contributed by atoms with Crippen molar-refractivity contribution in [1.29, 1.82) is 0 Å². The monoisotopic (exact) mass is 301 g/mol. The summed E-state index contributed by atoms with van der Waals surface area (Å²) in [7, 11) is 1.96. The van der Waals surface area contributed by atoms with Crippen molar-refractivity contribution in [2.75, 3.05) is 7.05 Å². The summed E-state index contributed by atoms with van der Waals surface area (Å²) in [5.41, 5.74) is 2.26. The molecule has 2 heterocycles. The number of hydrogen-bond acceptors (Lipinski definition) is 5. The van der Waals surface area contributed by atoms with Gasteiger partial charge in [-0.3, -0.25) is 0 Å². The number of aromatic nitrogens is 2. The minimum absolute atomic E-state index is 0.278. The standard InChI is InChI=1S/C15H15N3S2/c1-10(16-2)11-6-5-9-17-14(11)20-15-18-12-7-3-4-8-13(12)19-15/h3-10,16H,1-2H3. The zero-order chi connectivity index (χ0) is 13.9. The number of hydrogen-bond donors (Lipinski definition) is 1. The van der Waals surface area contributed by atoms with Crippen LogP contribution in [-0.2, 0) is 0 Å². The second-order valence-corrected chi connectivity index (χ2v) is 6.72. The molecule has 1 atom stereocenters. The topological polar surface area (TPSA) is 37.8 Å². The van der Waals surface area contributed by atoms with E-state index in [9.17, 15) is 0 Å². The van der Waals surface area contributed by atoms with Crippen LogP contribution in [0.5, 0.6) is 0 Å². The van der Waals surface area contributed by atoms with Crippen LogP contribution in [-0.4, -0.2) is 17.0 Å². The maximum Gasteiger partial charge on any atom is 0.157 e. The van der Waals surface area contributed by atoms with E-state index < -0.39 is 0 Å². The van der Waals surface area contributed by atoms with Crippen molar-refractivity contribution in [2.24, 2.45) is 0 Å². The summed E-state index contributed by atoms with van der Waals surface area (Å²) >= 11 is 3.35. The fourth-order valence-electron chi connectivity index (χ4n) is 1.95. The Balaban J connectivity index is 1.94. The Morgan fingerprint density at radius 3 is 2.85 bits per heavy atom. The molecule has 5 heteroatoms. The molecular formula is C15H15N3S2. The van der Waals surface area contributed by atoms with Crippen LogP contribution >= 0.6 is 23.1 Å². The molecule has 0 amide bonds. The first-order valence-corrected chi connectivity index (χ1v) is 8.07. The SMILES string of the molecule is CNC(C)c1cccnc1Sc1nc2ccccc2s1. The Morgan fingerprint density at radius 1 is 1.20 bits per heavy atom. The van der Waals surface area contributed by atoms with Crippen molar-refractivity contribution in [2.45, 2.75) is 22.3 Å². The summed E-state index contributed by atoms with van der Waals surface area (Å²) in [6, 6.07) is 12.6. The summed E-state index contributed by atoms with van der Waals surface area (Å²) in [6.07, 6.45) is 1.83. The molecule has 1 unspecified atom stereocenters. The van der Waals surface area contributed by atoms with E-state index in [-0.39, 0.29) is 6.04 Å². The summed E-state index contributed by atoms with van der Waals surface area (Å²) < 4.78 is 2.25. The van der Waals surface area contributed by atoms with Crippen LogP contribution in [0, 0.1) is 0 Å². The average molecular weight is 301 g/mol. The zero-order valence-electron chi connectivity index (χ0n) is 11.3. The number of nitrogens with zero attached hydrogens (tertiary/aromatic N) is 2. The van der Waals surface area contributed by atoms with Crippen LogP contribution in [0.2, 0.25) is 0 Å². The van der Waals surface area contributed by atoms with E-state index in [1.54, 1.807) is 23.1 Å². The zero-order valence-corrected chi connectivity index (χ0v) is 13.0. The van der Waals surface area contributed by atoms with Gasteiger partial charge in [0.05, 0.1) is 10.2 Å². The lowest BCUT2D eigenvalue weighted by molar-refractivity contribution is 0.634. The number of thiazole rings is 1. The molecule has 3 aromatic rings. The van der Waals surface area contributed by atoms with E-state index in [2.05, 4.69) is 34.3 Å². The van der Waals surface area contributed by atoms with E-state index >= 15 is 0 Å². The van der Waals surface area contributed by atoms with Crippen LogP contribution in [0.3, 0.4) is 0 Å². The number of rotatable bonds is 4. The lowest BCUT2D eigenvalue weighted by Crippen LogP contribution is -2.13. The van der Waals surface area contributed by atoms with Crippen molar-refractivity contribution in [3.8, 4) is 0 Å². The summed E-state index contributed by atoms with van der Waals surface area (Å²) in [5.74, 6) is 0. The minimum atomic E-state index is 0.278. The van der Waals surface area contributed by atoms with Crippen molar-refractivity contribution < 1.29 is 0 Å². The number of benzene rings is 1. The van der Waals surface area contributed by atoms with Crippen molar-refractivity contribution in [3.05, 3.63) is 48.2 Å². The quantitative estimate of drug-likeness (QED) is 0.786. The molecule has 1 N–H and O–H groups in total. The molecule has 3 nitrogen and oxygen atoms in total. The molecule has 0 saturated heterocycles. The molecule has 20 heavy (non-hydrogen) atoms. The van der Waals surface area contributed by atoms with E-state index in [1.807, 2.05) is 37.5 Å². The van der Waals surface area contributed by atoms with Gasteiger partial charge in [0.1, 0.15) is 5.03 Å². The second kappa shape index (κ2) is 5.91. The van der Waals surface area contributed by atoms with E-state index in [4.69, 9.17) is 0 Å². The van der Waals surface area contributed by atoms with Gasteiger partial charge in [-0.05, 0) is 43.9 Å². The molecule has 102 valence electrons. The number of fused-ring (bicyclic) bond motifs is 1. The molecule has 0 aliphatic rings. The molecule has 0 radical (unpaired) electrons. The molecule has 2 aromatic heterocycles. The summed E-state index contributed by atoms with van der Waals surface area (Å²) in [6.45, 7) is 2.14. The Labute approximate surface area is 126 Å². The van der Waals surface area contributed by atoms with Gasteiger partial charge in [-0.25, -0.2) is 9.97 Å². The predicted molar refractivity (Wildman–Crippen MR) is 85.5 cm³/mol. The van der Waals surface area contributed by atoms with Crippen LogP contribution in [0.4, 0.5) is 0 Å². The van der Waals surface area contributed by atoms with E-state index in [0.29, 0.717) is 0 Å². The van der Waals surface area contributed by atoms with Crippen LogP contribution in [0.25, 0.3) is 10.2 Å². The third-order valence-corrected chi connectivity index (χ3v) is 5.29. The molecule has 0 spiro atoms. The normalized spacial score (nSPS) is 12.7. The Bertz CT molecular complexity index is 691. The first kappa shape index (κ1) is 13.5. The largest absolute Gasteiger partial charge is 0.313 e. The van der Waals surface area contributed by atoms with Gasteiger partial charge < -0.3 is 5.32 Å². The summed E-state index contributed by atoms with van der Waals surface area (Å²) in [4.78, 5) is 9.16. The Morgan fingerprint density at radius 2 is 2.05 bits per heavy atom. The highest BCUT2D eigenvalue weighted by Crippen LogP contribution is 2.36. The van der Waals surface area contributed by atoms with Gasteiger partial charge in [0.2, 0.25) is 0 Å². The van der Waals surface area contributed by atoms with Gasteiger partial charge in [0.25, 0.3) is 0 Å². The van der Waals surface area contributed by atoms with Crippen LogP contribution in [0.1, 0.15) is 18.5 Å². The number of nitrogens with one attached hydrogen (secondary N) is 1. The van der Waals surface area contributed by atoms with Crippen LogP contribution in [0.15, 0.2) is 52.0 Å². The predicted octanol–water partition coefficient (Wildman–Crippen LogP) is 4.12. The lowest BCUT2D eigenvalue weighted by Gasteiger charge is -2.13. The third-order valence-electron chi connectivity index (χ3n) is 3.16. The van der Waals surface area contributed by atoms with E-state index in [0.717, 1.165) is 14.9 Å². The molecular weight excluding hydrogens is 286 g/mol. The molecule has 3 rings (SSSR count). The van der Waals surface area contributed by atoms with Crippen molar-refractivity contribution in [1.82, 2.24) is 15.3 Å². The molecule has 1 aromatic carbocycles. The lowest BCUT2D eigenvalue weighted by atomic mass is 10.1. The maximum absolute atomic E-state index is 4.66. The minimum Gasteiger partial charge on any atom is -0.313 e. The van der Waals surface area contributed by atoms with Gasteiger partial charge in [-0.2, -0.15) is 0 Å². The fraction of sp³-hybridized carbons (Fsp3) is 0.200. The molecule has 0 aliphatic carbocycles. The fourth-order valence-corrected chi connectivity index (χ4v) is 4.11. The van der Waals surface area contributed by atoms with Gasteiger partial charge in [0, 0.05) is 17.8 Å². The molecule has 0 aliphatic heterocycles. The highest BCUT2D eigenvalue weighted by Gasteiger charge is 2.13. The maximum atomic E-state index is 4.66. The average Bonchev–Trinajstić information content (AvgIpc) is 2.89. The summed E-state index contributed by atoms with van der Waals surface area (Å²) in [5, 5.41) is 4.29. The first-order chi connectivity index (χ1) is 9.78. The smallest absolute Gasteiger partial charge is 0.157 e. The number of pyridine rings is 1. The van der Waals surface area contributed by atoms with E-state index in [1.165, 1.54) is 10.3 Å². The van der Waals surface area contributed by atoms with Crippen molar-refractivity contribution in [3.63, 3.8) is 0 Å². The van der Waals surface area contributed by atoms with Gasteiger partial charge in [0.15, 0.2) is 4.34 Å². The molecule has 0 saturated carbocycles. The highest BCUT2D eigenvalue weighted by molar-refractivity contribution is 8.01. The van der Waals surface area contributed by atoms with Crippen molar-refractivity contribution >= 4 is 33.3 Å². The molecule has 0 fully saturated rings. The van der Waals surface area contributed by atoms with Crippen LogP contribution < -0.4 is 5.32 Å². The Hall–Kier alpha value is -1.43. The van der Waals surface area contributed by atoms with Gasteiger partial charge in [-0.1, -0.05) is 18.2 Å². The third kappa shape index (κ3) is 2.70. The second-order valence-electron chi connectivity index (χ2n) is 4.46. The number of para-hydroxylation sites is 1. The Kier molecular flexibility index (Phi) is 4.00. The highest BCUT2D eigenvalue weighted by atomic mass is 32.2. The van der Waals surface area contributed by atoms with Gasteiger partial charge >= 0.3 is 0 Å². The molecule has 0 bridgehead atoms.